The van der Waals surface area contributed by atoms with E-state index in [-0.39, 0.29) is 0 Å². The van der Waals surface area contributed by atoms with Crippen molar-refractivity contribution in [3.05, 3.63) is 35.4 Å². The molecule has 1 aromatic carbocycles. The number of rotatable bonds is 4. The molecule has 3 heteroatoms. The summed E-state index contributed by atoms with van der Waals surface area (Å²) in [6.45, 7) is 0. The molecule has 0 saturated carbocycles. The summed E-state index contributed by atoms with van der Waals surface area (Å²) >= 11 is 4.23. The maximum absolute atomic E-state index is 2.35. The SMILES string of the molecule is CSCc1ccccc1CSI. The molecule has 0 aromatic heterocycles. The van der Waals surface area contributed by atoms with Gasteiger partial charge in [0.15, 0.2) is 0 Å². The van der Waals surface area contributed by atoms with Crippen molar-refractivity contribution in [2.75, 3.05) is 6.26 Å². The van der Waals surface area contributed by atoms with Crippen LogP contribution in [0.2, 0.25) is 0 Å². The fraction of sp³-hybridized carbons (Fsp3) is 0.333. The van der Waals surface area contributed by atoms with Crippen molar-refractivity contribution in [3.8, 4) is 0 Å². The molecule has 0 aliphatic rings. The highest BCUT2D eigenvalue weighted by atomic mass is 127. The van der Waals surface area contributed by atoms with E-state index in [1.165, 1.54) is 11.1 Å². The van der Waals surface area contributed by atoms with E-state index in [0.29, 0.717) is 0 Å². The second-order valence-corrected chi connectivity index (χ2v) is 5.70. The molecule has 0 bridgehead atoms. The van der Waals surface area contributed by atoms with Crippen LogP contribution in [0.3, 0.4) is 0 Å². The zero-order chi connectivity index (χ0) is 8.81. The van der Waals surface area contributed by atoms with Crippen LogP contribution < -0.4 is 0 Å². The van der Waals surface area contributed by atoms with Gasteiger partial charge in [-0.05, 0) is 38.6 Å². The molecule has 0 aliphatic carbocycles. The lowest BCUT2D eigenvalue weighted by atomic mass is 10.1. The predicted molar refractivity (Wildman–Crippen MR) is 69.0 cm³/mol. The van der Waals surface area contributed by atoms with Gasteiger partial charge in [-0.3, -0.25) is 0 Å². The van der Waals surface area contributed by atoms with Crippen LogP contribution in [0, 0.1) is 0 Å². The maximum atomic E-state index is 2.35. The van der Waals surface area contributed by atoms with Crippen LogP contribution in [-0.2, 0) is 11.5 Å². The topological polar surface area (TPSA) is 0 Å². The fourth-order valence-corrected chi connectivity index (χ4v) is 3.05. The molecule has 0 fully saturated rings. The van der Waals surface area contributed by atoms with Gasteiger partial charge in [0.1, 0.15) is 0 Å². The van der Waals surface area contributed by atoms with E-state index >= 15 is 0 Å². The summed E-state index contributed by atoms with van der Waals surface area (Å²) in [5.74, 6) is 2.25. The van der Waals surface area contributed by atoms with E-state index in [1.54, 1.807) is 0 Å². The van der Waals surface area contributed by atoms with Crippen LogP contribution in [0.25, 0.3) is 0 Å². The molecule has 12 heavy (non-hydrogen) atoms. The van der Waals surface area contributed by atoms with E-state index in [2.05, 4.69) is 51.7 Å². The second-order valence-electron chi connectivity index (χ2n) is 2.46. The number of thioether (sulfide) groups is 1. The van der Waals surface area contributed by atoms with Crippen molar-refractivity contribution in [1.29, 1.82) is 0 Å². The Kier molecular flexibility index (Phi) is 5.50. The highest BCUT2D eigenvalue weighted by Gasteiger charge is 1.99. The van der Waals surface area contributed by atoms with Crippen LogP contribution in [0.15, 0.2) is 24.3 Å². The molecule has 0 atom stereocenters. The van der Waals surface area contributed by atoms with Crippen molar-refractivity contribution in [1.82, 2.24) is 0 Å². The van der Waals surface area contributed by atoms with Crippen molar-refractivity contribution >= 4 is 41.9 Å². The molecular weight excluding hydrogens is 299 g/mol. The molecule has 0 aliphatic heterocycles. The average molecular weight is 310 g/mol. The molecule has 0 heterocycles. The van der Waals surface area contributed by atoms with Gasteiger partial charge in [0.2, 0.25) is 0 Å². The number of benzene rings is 1. The minimum Gasteiger partial charge on any atom is -0.161 e. The monoisotopic (exact) mass is 310 g/mol. The second kappa shape index (κ2) is 6.16. The Morgan fingerprint density at radius 1 is 1.17 bits per heavy atom. The quantitative estimate of drug-likeness (QED) is 0.767. The highest BCUT2D eigenvalue weighted by molar-refractivity contribution is 14.2. The summed E-state index contributed by atoms with van der Waals surface area (Å²) in [5, 5.41) is 0. The Morgan fingerprint density at radius 3 is 2.25 bits per heavy atom. The Hall–Kier alpha value is 0.650. The van der Waals surface area contributed by atoms with Crippen molar-refractivity contribution in [2.24, 2.45) is 0 Å². The largest absolute Gasteiger partial charge is 0.161 e. The van der Waals surface area contributed by atoms with Crippen molar-refractivity contribution in [3.63, 3.8) is 0 Å². The first-order valence-corrected chi connectivity index (χ1v) is 8.60. The number of halogens is 1. The van der Waals surface area contributed by atoms with Crippen molar-refractivity contribution < 1.29 is 0 Å². The molecule has 0 N–H and O–H groups in total. The van der Waals surface area contributed by atoms with Crippen molar-refractivity contribution in [2.45, 2.75) is 11.5 Å². The van der Waals surface area contributed by atoms with Gasteiger partial charge in [-0.25, -0.2) is 0 Å². The third kappa shape index (κ3) is 3.18. The van der Waals surface area contributed by atoms with Gasteiger partial charge in [-0.2, -0.15) is 11.8 Å². The maximum Gasteiger partial charge on any atom is 0.0288 e. The van der Waals surface area contributed by atoms with Crippen LogP contribution >= 0.6 is 41.9 Å². The summed E-state index contributed by atoms with van der Waals surface area (Å²) in [6, 6.07) is 8.68. The van der Waals surface area contributed by atoms with E-state index in [0.717, 1.165) is 11.5 Å². The molecular formula is C9H11IS2. The third-order valence-electron chi connectivity index (χ3n) is 1.63. The molecule has 0 saturated heterocycles. The molecule has 0 spiro atoms. The first-order chi connectivity index (χ1) is 5.88. The van der Waals surface area contributed by atoms with Gasteiger partial charge in [0.25, 0.3) is 0 Å². The lowest BCUT2D eigenvalue weighted by molar-refractivity contribution is 1.29. The van der Waals surface area contributed by atoms with E-state index in [9.17, 15) is 0 Å². The molecule has 0 nitrogen and oxygen atoms in total. The molecule has 1 aromatic rings. The number of hydrogen-bond donors (Lipinski definition) is 0. The Labute approximate surface area is 94.5 Å². The third-order valence-corrected chi connectivity index (χ3v) is 3.58. The zero-order valence-electron chi connectivity index (χ0n) is 6.92. The van der Waals surface area contributed by atoms with Gasteiger partial charge in [-0.15, -0.1) is 0 Å². The van der Waals surface area contributed by atoms with E-state index in [1.807, 2.05) is 20.7 Å². The van der Waals surface area contributed by atoms with Gasteiger partial charge >= 0.3 is 0 Å². The molecule has 0 radical (unpaired) electrons. The first-order valence-electron chi connectivity index (χ1n) is 3.67. The molecule has 1 rings (SSSR count). The lowest BCUT2D eigenvalue weighted by Gasteiger charge is -2.05. The summed E-state index contributed by atoms with van der Waals surface area (Å²) < 4.78 is 0. The standard InChI is InChI=1S/C9H11IS2/c1-11-6-8-4-2-3-5-9(8)7-12-10/h2-5H,6-7H2,1H3. The Morgan fingerprint density at radius 2 is 1.75 bits per heavy atom. The summed E-state index contributed by atoms with van der Waals surface area (Å²) in [5.41, 5.74) is 2.96. The zero-order valence-corrected chi connectivity index (χ0v) is 10.7. The Bertz CT molecular complexity index is 213. The smallest absolute Gasteiger partial charge is 0.0288 e. The van der Waals surface area contributed by atoms with Gasteiger partial charge in [0, 0.05) is 11.5 Å². The average Bonchev–Trinajstić information content (AvgIpc) is 2.09. The van der Waals surface area contributed by atoms with Crippen LogP contribution in [0.1, 0.15) is 11.1 Å². The molecule has 0 unspecified atom stereocenters. The van der Waals surface area contributed by atoms with E-state index < -0.39 is 0 Å². The van der Waals surface area contributed by atoms with Crippen LogP contribution in [-0.4, -0.2) is 6.26 Å². The predicted octanol–water partition coefficient (Wildman–Crippen LogP) is 4.13. The minimum absolute atomic E-state index is 1.12. The summed E-state index contributed by atoms with van der Waals surface area (Å²) in [6.07, 6.45) is 2.15. The Balaban J connectivity index is 2.77. The van der Waals surface area contributed by atoms with E-state index in [4.69, 9.17) is 0 Å². The lowest BCUT2D eigenvalue weighted by Crippen LogP contribution is -1.88. The van der Waals surface area contributed by atoms with Gasteiger partial charge < -0.3 is 0 Å². The first kappa shape index (κ1) is 10.7. The summed E-state index contributed by atoms with van der Waals surface area (Å²) in [4.78, 5) is 0. The number of hydrogen-bond acceptors (Lipinski definition) is 2. The fourth-order valence-electron chi connectivity index (χ4n) is 1.05. The normalized spacial score (nSPS) is 10.2. The minimum atomic E-state index is 1.12. The van der Waals surface area contributed by atoms with Crippen LogP contribution in [0.4, 0.5) is 0 Å². The molecule has 0 amide bonds. The van der Waals surface area contributed by atoms with Gasteiger partial charge in [-0.1, -0.05) is 33.2 Å². The molecule has 66 valence electrons. The summed E-state index contributed by atoms with van der Waals surface area (Å²) in [7, 11) is 1.86. The van der Waals surface area contributed by atoms with Gasteiger partial charge in [0.05, 0.1) is 0 Å². The highest BCUT2D eigenvalue weighted by Crippen LogP contribution is 2.23. The van der Waals surface area contributed by atoms with Crippen LogP contribution in [0.5, 0.6) is 0 Å².